The topological polar surface area (TPSA) is 0 Å². The lowest BCUT2D eigenvalue weighted by molar-refractivity contribution is 1.42. The summed E-state index contributed by atoms with van der Waals surface area (Å²) in [5.74, 6) is 0. The Morgan fingerprint density at radius 1 is 0.875 bits per heavy atom. The number of hydrogen-bond donors (Lipinski definition) is 0. The van der Waals surface area contributed by atoms with Gasteiger partial charge in [-0.05, 0) is 29.7 Å². The maximum absolute atomic E-state index is 3.50. The zero-order valence-corrected chi connectivity index (χ0v) is 10.7. The quantitative estimate of drug-likeness (QED) is 0.681. The average molecular weight is 273 g/mol. The van der Waals surface area contributed by atoms with Crippen LogP contribution in [0, 0.1) is 6.92 Å². The van der Waals surface area contributed by atoms with Crippen molar-refractivity contribution in [3.63, 3.8) is 0 Å². The van der Waals surface area contributed by atoms with E-state index in [-0.39, 0.29) is 0 Å². The third-order valence-corrected chi connectivity index (χ3v) is 3.34. The van der Waals surface area contributed by atoms with E-state index in [1.54, 1.807) is 0 Å². The third kappa shape index (κ3) is 2.83. The summed E-state index contributed by atoms with van der Waals surface area (Å²) < 4.78 is 1.16. The number of benzene rings is 2. The molecule has 1 heteroatoms. The van der Waals surface area contributed by atoms with Crippen LogP contribution in [0.2, 0.25) is 0 Å². The predicted molar refractivity (Wildman–Crippen MR) is 74.2 cm³/mol. The minimum Gasteiger partial charge on any atom is -0.0622 e. The van der Waals surface area contributed by atoms with Crippen LogP contribution in [0.15, 0.2) is 53.0 Å². The number of hydrogen-bond acceptors (Lipinski definition) is 0. The van der Waals surface area contributed by atoms with E-state index in [0.717, 1.165) is 4.47 Å². The van der Waals surface area contributed by atoms with Gasteiger partial charge < -0.3 is 0 Å². The van der Waals surface area contributed by atoms with Crippen molar-refractivity contribution >= 4 is 28.1 Å². The third-order valence-electron chi connectivity index (χ3n) is 2.45. The molecule has 0 aromatic heterocycles. The molecule has 16 heavy (non-hydrogen) atoms. The Kier molecular flexibility index (Phi) is 3.58. The zero-order chi connectivity index (χ0) is 11.4. The highest BCUT2D eigenvalue weighted by Crippen LogP contribution is 2.18. The van der Waals surface area contributed by atoms with Gasteiger partial charge >= 0.3 is 0 Å². The van der Waals surface area contributed by atoms with E-state index in [1.807, 2.05) is 18.2 Å². The Morgan fingerprint density at radius 3 is 2.25 bits per heavy atom. The molecule has 0 aliphatic carbocycles. The van der Waals surface area contributed by atoms with Crippen LogP contribution in [0.3, 0.4) is 0 Å². The van der Waals surface area contributed by atoms with Crippen molar-refractivity contribution in [2.24, 2.45) is 0 Å². The molecule has 0 amide bonds. The van der Waals surface area contributed by atoms with E-state index in [0.29, 0.717) is 0 Å². The fourth-order valence-electron chi connectivity index (χ4n) is 1.53. The monoisotopic (exact) mass is 272 g/mol. The lowest BCUT2D eigenvalue weighted by atomic mass is 10.1. The smallest absolute Gasteiger partial charge is 0.0204 e. The molecule has 0 aliphatic heterocycles. The van der Waals surface area contributed by atoms with Crippen molar-refractivity contribution < 1.29 is 0 Å². The summed E-state index contributed by atoms with van der Waals surface area (Å²) in [7, 11) is 0. The molecule has 0 N–H and O–H groups in total. The van der Waals surface area contributed by atoms with E-state index in [1.165, 1.54) is 16.7 Å². The van der Waals surface area contributed by atoms with Gasteiger partial charge in [0.1, 0.15) is 0 Å². The van der Waals surface area contributed by atoms with Crippen LogP contribution in [0.5, 0.6) is 0 Å². The van der Waals surface area contributed by atoms with Crippen LogP contribution in [0.1, 0.15) is 16.7 Å². The largest absolute Gasteiger partial charge is 0.0622 e. The van der Waals surface area contributed by atoms with Gasteiger partial charge in [-0.15, -0.1) is 0 Å². The van der Waals surface area contributed by atoms with Crippen LogP contribution >= 0.6 is 15.9 Å². The molecule has 0 heterocycles. The van der Waals surface area contributed by atoms with Gasteiger partial charge in [0.2, 0.25) is 0 Å². The lowest BCUT2D eigenvalue weighted by Crippen LogP contribution is -1.78. The van der Waals surface area contributed by atoms with Gasteiger partial charge in [-0.2, -0.15) is 0 Å². The molecule has 0 radical (unpaired) electrons. The Labute approximate surface area is 105 Å². The summed E-state index contributed by atoms with van der Waals surface area (Å²) in [4.78, 5) is 0. The molecule has 80 valence electrons. The van der Waals surface area contributed by atoms with E-state index in [9.17, 15) is 0 Å². The molecule has 0 fully saturated rings. The number of halogens is 1. The Morgan fingerprint density at radius 2 is 1.56 bits per heavy atom. The van der Waals surface area contributed by atoms with Gasteiger partial charge in [0.05, 0.1) is 0 Å². The van der Waals surface area contributed by atoms with Gasteiger partial charge in [-0.3, -0.25) is 0 Å². The molecule has 2 aromatic rings. The zero-order valence-electron chi connectivity index (χ0n) is 9.15. The fourth-order valence-corrected chi connectivity index (χ4v) is 1.77. The first-order chi connectivity index (χ1) is 7.75. The van der Waals surface area contributed by atoms with E-state index >= 15 is 0 Å². The highest BCUT2D eigenvalue weighted by Gasteiger charge is 1.93. The lowest BCUT2D eigenvalue weighted by Gasteiger charge is -1.99. The molecule has 0 atom stereocenters. The molecule has 0 saturated carbocycles. The molecule has 0 aliphatic rings. The second-order valence-corrected chi connectivity index (χ2v) is 4.61. The molecular formula is C15H13Br. The average Bonchev–Trinajstić information content (AvgIpc) is 2.32. The van der Waals surface area contributed by atoms with Gasteiger partial charge in [0, 0.05) is 4.47 Å². The molecule has 0 bridgehead atoms. The Bertz CT molecular complexity index is 498. The van der Waals surface area contributed by atoms with E-state index in [2.05, 4.69) is 65.3 Å². The standard InChI is InChI=1S/C15H13Br/c1-12-11-14(9-10-15(12)16)8-7-13-5-3-2-4-6-13/h2-11H,1H3. The van der Waals surface area contributed by atoms with Crippen LogP contribution in [-0.4, -0.2) is 0 Å². The van der Waals surface area contributed by atoms with Crippen molar-refractivity contribution in [1.29, 1.82) is 0 Å². The molecule has 2 aromatic carbocycles. The summed E-state index contributed by atoms with van der Waals surface area (Å²) in [5, 5.41) is 0. The molecule has 0 unspecified atom stereocenters. The molecule has 0 nitrogen and oxygen atoms in total. The predicted octanol–water partition coefficient (Wildman–Crippen LogP) is 4.93. The Balaban J connectivity index is 2.21. The van der Waals surface area contributed by atoms with E-state index < -0.39 is 0 Å². The summed E-state index contributed by atoms with van der Waals surface area (Å²) in [6, 6.07) is 16.7. The minimum atomic E-state index is 1.16. The van der Waals surface area contributed by atoms with Crippen molar-refractivity contribution in [1.82, 2.24) is 0 Å². The summed E-state index contributed by atoms with van der Waals surface area (Å²) in [5.41, 5.74) is 3.71. The second-order valence-electron chi connectivity index (χ2n) is 3.75. The van der Waals surface area contributed by atoms with E-state index in [4.69, 9.17) is 0 Å². The molecular weight excluding hydrogens is 260 g/mol. The van der Waals surface area contributed by atoms with Crippen LogP contribution in [0.4, 0.5) is 0 Å². The highest BCUT2D eigenvalue weighted by atomic mass is 79.9. The Hall–Kier alpha value is -1.34. The normalized spacial score (nSPS) is 10.9. The summed E-state index contributed by atoms with van der Waals surface area (Å²) in [6.45, 7) is 2.10. The van der Waals surface area contributed by atoms with Crippen LogP contribution < -0.4 is 0 Å². The van der Waals surface area contributed by atoms with Crippen molar-refractivity contribution in [2.45, 2.75) is 6.92 Å². The first-order valence-electron chi connectivity index (χ1n) is 5.25. The van der Waals surface area contributed by atoms with Gasteiger partial charge in [0.15, 0.2) is 0 Å². The first kappa shape index (κ1) is 11.2. The van der Waals surface area contributed by atoms with Crippen LogP contribution in [-0.2, 0) is 0 Å². The number of aryl methyl sites for hydroxylation is 1. The summed E-state index contributed by atoms with van der Waals surface area (Å²) >= 11 is 3.50. The highest BCUT2D eigenvalue weighted by molar-refractivity contribution is 9.10. The summed E-state index contributed by atoms with van der Waals surface area (Å²) in [6.07, 6.45) is 4.26. The second kappa shape index (κ2) is 5.13. The van der Waals surface area contributed by atoms with Gasteiger partial charge in [-0.25, -0.2) is 0 Å². The molecule has 2 rings (SSSR count). The minimum absolute atomic E-state index is 1.16. The van der Waals surface area contributed by atoms with Gasteiger partial charge in [0.25, 0.3) is 0 Å². The molecule has 0 saturated heterocycles. The SMILES string of the molecule is Cc1cc(C=Cc2ccccc2)ccc1Br. The fraction of sp³-hybridized carbons (Fsp3) is 0.0667. The van der Waals surface area contributed by atoms with Crippen LogP contribution in [0.25, 0.3) is 12.2 Å². The molecule has 0 spiro atoms. The van der Waals surface area contributed by atoms with Crippen molar-refractivity contribution in [3.05, 3.63) is 69.7 Å². The van der Waals surface area contributed by atoms with Gasteiger partial charge in [-0.1, -0.05) is 70.5 Å². The maximum Gasteiger partial charge on any atom is 0.0204 e. The number of rotatable bonds is 2. The van der Waals surface area contributed by atoms with Crippen molar-refractivity contribution in [2.75, 3.05) is 0 Å². The first-order valence-corrected chi connectivity index (χ1v) is 6.04. The maximum atomic E-state index is 3.50. The van der Waals surface area contributed by atoms with Crippen molar-refractivity contribution in [3.8, 4) is 0 Å².